The number of hydrogen-bond donors (Lipinski definition) is 8. The molecule has 0 aromatic heterocycles. The van der Waals surface area contributed by atoms with Crippen molar-refractivity contribution in [2.24, 2.45) is 0 Å². The van der Waals surface area contributed by atoms with E-state index in [0.29, 0.717) is 19.3 Å². The zero-order valence-corrected chi connectivity index (χ0v) is 26.0. The fourth-order valence-corrected chi connectivity index (χ4v) is 5.26. The van der Waals surface area contributed by atoms with Gasteiger partial charge in [0.1, 0.15) is 36.6 Å². The second kappa shape index (κ2) is 23.5. The van der Waals surface area contributed by atoms with Crippen molar-refractivity contribution in [1.29, 1.82) is 0 Å². The Morgan fingerprint density at radius 1 is 0.738 bits per heavy atom. The molecule has 1 saturated heterocycles. The van der Waals surface area contributed by atoms with Gasteiger partial charge in [0.15, 0.2) is 6.29 Å². The van der Waals surface area contributed by atoms with Gasteiger partial charge in [-0.05, 0) is 12.8 Å². The molecule has 1 fully saturated rings. The lowest BCUT2D eigenvalue weighted by molar-refractivity contribution is -0.303. The fraction of sp³-hybridized carbons (Fsp3) is 0.968. The number of carbonyl (C=O) groups is 1. The van der Waals surface area contributed by atoms with Gasteiger partial charge in [-0.2, -0.15) is 0 Å². The van der Waals surface area contributed by atoms with Crippen LogP contribution in [0.5, 0.6) is 0 Å². The van der Waals surface area contributed by atoms with E-state index in [1.807, 2.05) is 0 Å². The van der Waals surface area contributed by atoms with Gasteiger partial charge in [0.05, 0.1) is 25.4 Å². The number of ether oxygens (including phenoxy) is 2. The van der Waals surface area contributed by atoms with Crippen molar-refractivity contribution in [3.05, 3.63) is 0 Å². The van der Waals surface area contributed by atoms with Crippen molar-refractivity contribution >= 4 is 5.91 Å². The lowest BCUT2D eigenvalue weighted by Crippen LogP contribution is -2.60. The Balaban J connectivity index is 2.63. The molecule has 1 aliphatic rings. The monoisotopic (exact) mass is 607 g/mol. The standard InChI is InChI=1S/C31H61NO10/c1-3-5-7-9-10-11-12-13-15-17-19-24(35)30(40)32-22(26(36)23(34)18-16-14-8-6-4-2)21-41-31-29(39)28(38)27(37)25(20-33)42-31/h22-29,31,33-39H,3-21H2,1-2H3,(H,32,40). The molecule has 42 heavy (non-hydrogen) atoms. The molecule has 0 aromatic carbocycles. The number of aliphatic hydroxyl groups excluding tert-OH is 7. The smallest absolute Gasteiger partial charge is 0.249 e. The molecule has 0 bridgehead atoms. The molecule has 9 unspecified atom stereocenters. The van der Waals surface area contributed by atoms with Crippen LogP contribution in [0.4, 0.5) is 0 Å². The Labute approximate surface area is 252 Å². The third-order valence-corrected chi connectivity index (χ3v) is 8.16. The van der Waals surface area contributed by atoms with Gasteiger partial charge in [0.25, 0.3) is 0 Å². The zero-order valence-electron chi connectivity index (χ0n) is 26.0. The largest absolute Gasteiger partial charge is 0.394 e. The van der Waals surface area contributed by atoms with Crippen molar-refractivity contribution in [3.8, 4) is 0 Å². The lowest BCUT2D eigenvalue weighted by Gasteiger charge is -2.40. The van der Waals surface area contributed by atoms with Crippen LogP contribution in [0.3, 0.4) is 0 Å². The second-order valence-corrected chi connectivity index (χ2v) is 11.9. The van der Waals surface area contributed by atoms with Gasteiger partial charge in [0, 0.05) is 0 Å². The average Bonchev–Trinajstić information content (AvgIpc) is 2.98. The Hall–Kier alpha value is -0.890. The predicted molar refractivity (Wildman–Crippen MR) is 160 cm³/mol. The highest BCUT2D eigenvalue weighted by molar-refractivity contribution is 5.80. The van der Waals surface area contributed by atoms with Crippen LogP contribution in [0, 0.1) is 0 Å². The molecule has 1 heterocycles. The first-order chi connectivity index (χ1) is 20.2. The van der Waals surface area contributed by atoms with E-state index >= 15 is 0 Å². The summed E-state index contributed by atoms with van der Waals surface area (Å²) >= 11 is 0. The van der Waals surface area contributed by atoms with Crippen LogP contribution in [0.25, 0.3) is 0 Å². The summed E-state index contributed by atoms with van der Waals surface area (Å²) in [6.07, 6.45) is 5.22. The molecule has 0 spiro atoms. The van der Waals surface area contributed by atoms with E-state index in [1.54, 1.807) is 0 Å². The molecule has 0 aromatic rings. The van der Waals surface area contributed by atoms with E-state index in [0.717, 1.165) is 44.9 Å². The predicted octanol–water partition coefficient (Wildman–Crippen LogP) is 2.04. The van der Waals surface area contributed by atoms with E-state index in [2.05, 4.69) is 19.2 Å². The summed E-state index contributed by atoms with van der Waals surface area (Å²) in [5.41, 5.74) is 0. The number of unbranched alkanes of at least 4 members (excludes halogenated alkanes) is 13. The first-order valence-corrected chi connectivity index (χ1v) is 16.4. The van der Waals surface area contributed by atoms with E-state index in [9.17, 15) is 40.5 Å². The topological polar surface area (TPSA) is 189 Å². The van der Waals surface area contributed by atoms with Crippen molar-refractivity contribution in [1.82, 2.24) is 5.32 Å². The van der Waals surface area contributed by atoms with Gasteiger partial charge in [0.2, 0.25) is 5.91 Å². The molecule has 0 saturated carbocycles. The summed E-state index contributed by atoms with van der Waals surface area (Å²) in [5.74, 6) is -0.706. The molecule has 9 atom stereocenters. The minimum absolute atomic E-state index is 0.263. The van der Waals surface area contributed by atoms with Crippen LogP contribution >= 0.6 is 0 Å². The fourth-order valence-electron chi connectivity index (χ4n) is 5.26. The van der Waals surface area contributed by atoms with E-state index in [-0.39, 0.29) is 6.42 Å². The van der Waals surface area contributed by atoms with Crippen molar-refractivity contribution in [2.45, 2.75) is 178 Å². The van der Waals surface area contributed by atoms with Crippen LogP contribution in [-0.4, -0.2) is 110 Å². The molecule has 0 aliphatic carbocycles. The molecular weight excluding hydrogens is 546 g/mol. The minimum Gasteiger partial charge on any atom is -0.394 e. The molecule has 1 aliphatic heterocycles. The van der Waals surface area contributed by atoms with Gasteiger partial charge in [-0.15, -0.1) is 0 Å². The number of carbonyl (C=O) groups excluding carboxylic acids is 1. The first-order valence-electron chi connectivity index (χ1n) is 16.4. The maximum absolute atomic E-state index is 12.8. The minimum atomic E-state index is -1.65. The maximum atomic E-state index is 12.8. The maximum Gasteiger partial charge on any atom is 0.249 e. The Morgan fingerprint density at radius 3 is 1.76 bits per heavy atom. The highest BCUT2D eigenvalue weighted by Gasteiger charge is 2.44. The van der Waals surface area contributed by atoms with Crippen molar-refractivity contribution in [3.63, 3.8) is 0 Å². The Bertz CT molecular complexity index is 670. The molecule has 1 amide bonds. The van der Waals surface area contributed by atoms with Gasteiger partial charge in [-0.25, -0.2) is 0 Å². The van der Waals surface area contributed by atoms with Gasteiger partial charge in [-0.3, -0.25) is 4.79 Å². The summed E-state index contributed by atoms with van der Waals surface area (Å²) in [4.78, 5) is 12.8. The Morgan fingerprint density at radius 2 is 1.24 bits per heavy atom. The van der Waals surface area contributed by atoms with Gasteiger partial charge >= 0.3 is 0 Å². The zero-order chi connectivity index (χ0) is 31.3. The van der Waals surface area contributed by atoms with E-state index in [1.165, 1.54) is 38.5 Å². The lowest BCUT2D eigenvalue weighted by atomic mass is 9.98. The van der Waals surface area contributed by atoms with E-state index in [4.69, 9.17) is 9.47 Å². The van der Waals surface area contributed by atoms with Crippen LogP contribution in [0.15, 0.2) is 0 Å². The number of rotatable bonds is 25. The summed E-state index contributed by atoms with van der Waals surface area (Å²) in [7, 11) is 0. The van der Waals surface area contributed by atoms with Crippen molar-refractivity contribution in [2.75, 3.05) is 13.2 Å². The van der Waals surface area contributed by atoms with Gasteiger partial charge < -0.3 is 50.5 Å². The highest BCUT2D eigenvalue weighted by atomic mass is 16.7. The quantitative estimate of drug-likeness (QED) is 0.0713. The number of aliphatic hydroxyl groups is 7. The Kier molecular flexibility index (Phi) is 21.9. The van der Waals surface area contributed by atoms with E-state index < -0.39 is 74.2 Å². The molecule has 11 nitrogen and oxygen atoms in total. The molecule has 0 radical (unpaired) electrons. The number of nitrogens with one attached hydrogen (secondary N) is 1. The third-order valence-electron chi connectivity index (χ3n) is 8.16. The van der Waals surface area contributed by atoms with Crippen LogP contribution < -0.4 is 5.32 Å². The second-order valence-electron chi connectivity index (χ2n) is 11.9. The summed E-state index contributed by atoms with van der Waals surface area (Å²) < 4.78 is 10.9. The van der Waals surface area contributed by atoms with Crippen LogP contribution in [0.1, 0.15) is 123 Å². The average molecular weight is 608 g/mol. The van der Waals surface area contributed by atoms with Gasteiger partial charge in [-0.1, -0.05) is 110 Å². The summed E-state index contributed by atoms with van der Waals surface area (Å²) in [6.45, 7) is 3.25. The number of amides is 1. The molecule has 11 heteroatoms. The van der Waals surface area contributed by atoms with Crippen LogP contribution in [0.2, 0.25) is 0 Å². The molecule has 250 valence electrons. The normalized spacial score (nSPS) is 25.6. The number of hydrogen-bond acceptors (Lipinski definition) is 10. The summed E-state index contributed by atoms with van der Waals surface area (Å²) in [6, 6.07) is -1.15. The first kappa shape index (κ1) is 39.1. The van der Waals surface area contributed by atoms with Crippen LogP contribution in [-0.2, 0) is 14.3 Å². The molecular formula is C31H61NO10. The van der Waals surface area contributed by atoms with Crippen molar-refractivity contribution < 1.29 is 50.0 Å². The SMILES string of the molecule is CCCCCCCCCCCCC(O)C(=O)NC(COC1OC(CO)C(O)C(O)C1O)C(O)C(O)CCCCCCC. The third kappa shape index (κ3) is 15.2. The molecule has 1 rings (SSSR count). The molecule has 8 N–H and O–H groups in total. The summed E-state index contributed by atoms with van der Waals surface area (Å²) in [5, 5.41) is 74.3. The highest BCUT2D eigenvalue weighted by Crippen LogP contribution is 2.23.